The molecule has 1 atom stereocenters. The number of pyridine rings is 1. The summed E-state index contributed by atoms with van der Waals surface area (Å²) in [6.45, 7) is 2.52. The zero-order valence-corrected chi connectivity index (χ0v) is 12.0. The van der Waals surface area contributed by atoms with Gasteiger partial charge in [0.1, 0.15) is 0 Å². The summed E-state index contributed by atoms with van der Waals surface area (Å²) in [5, 5.41) is 15.6. The fourth-order valence-electron chi connectivity index (χ4n) is 2.15. The maximum Gasteiger partial charge on any atom is 0.303 e. The Kier molecular flexibility index (Phi) is 4.92. The summed E-state index contributed by atoms with van der Waals surface area (Å²) in [6, 6.07) is 5.56. The van der Waals surface area contributed by atoms with Gasteiger partial charge in [0.15, 0.2) is 0 Å². The molecular weight excluding hydrogens is 270 g/mol. The molecule has 0 aromatic carbocycles. The van der Waals surface area contributed by atoms with Crippen molar-refractivity contribution in [1.82, 2.24) is 14.9 Å². The van der Waals surface area contributed by atoms with Crippen molar-refractivity contribution >= 4 is 17.4 Å². The average molecular weight is 289 g/mol. The second-order valence-electron chi connectivity index (χ2n) is 5.17. The Hall–Kier alpha value is -2.37. The van der Waals surface area contributed by atoms with Crippen LogP contribution >= 0.6 is 0 Å². The molecule has 0 fully saturated rings. The molecule has 1 unspecified atom stereocenters. The first-order valence-electron chi connectivity index (χ1n) is 7.00. The molecule has 2 aromatic heterocycles. The third kappa shape index (κ3) is 4.05. The summed E-state index contributed by atoms with van der Waals surface area (Å²) in [4.78, 5) is 22.6. The normalized spacial score (nSPS) is 12.2. The molecular formula is C15H19N3O3. The quantitative estimate of drug-likeness (QED) is 0.816. The van der Waals surface area contributed by atoms with E-state index in [1.807, 2.05) is 25.1 Å². The van der Waals surface area contributed by atoms with E-state index in [2.05, 4.69) is 10.4 Å². The fraction of sp³-hybridized carbons (Fsp3) is 0.400. The molecule has 0 saturated carbocycles. The van der Waals surface area contributed by atoms with E-state index in [1.165, 1.54) is 0 Å². The molecule has 2 rings (SSSR count). The third-order valence-corrected chi connectivity index (χ3v) is 3.44. The first kappa shape index (κ1) is 15.0. The summed E-state index contributed by atoms with van der Waals surface area (Å²) in [5.41, 5.74) is 1.32. The number of hydrogen-bond acceptors (Lipinski definition) is 3. The topological polar surface area (TPSA) is 83.7 Å². The number of carbonyl (C=O) groups is 2. The summed E-state index contributed by atoms with van der Waals surface area (Å²) in [6.07, 6.45) is 4.90. The summed E-state index contributed by atoms with van der Waals surface area (Å²) >= 11 is 0. The summed E-state index contributed by atoms with van der Waals surface area (Å²) in [5.74, 6) is -0.663. The summed E-state index contributed by atoms with van der Waals surface area (Å²) < 4.78 is 1.66. The van der Waals surface area contributed by atoms with Crippen LogP contribution in [0, 0.1) is 5.92 Å². The van der Waals surface area contributed by atoms with Gasteiger partial charge in [0.05, 0.1) is 17.3 Å². The number of hydrogen-bond donors (Lipinski definition) is 2. The van der Waals surface area contributed by atoms with Crippen molar-refractivity contribution in [2.24, 2.45) is 5.92 Å². The molecule has 0 bridgehead atoms. The molecule has 0 aliphatic carbocycles. The van der Waals surface area contributed by atoms with Crippen LogP contribution in [0.2, 0.25) is 0 Å². The maximum absolute atomic E-state index is 12.1. The van der Waals surface area contributed by atoms with Crippen molar-refractivity contribution < 1.29 is 14.7 Å². The largest absolute Gasteiger partial charge is 0.481 e. The standard InChI is InChI=1S/C15H19N3O3/c1-11(5-6-14(19)20)7-8-16-15(21)12-10-17-18-9-3-2-4-13(12)18/h2-4,9-11H,5-8H2,1H3,(H,16,21)(H,19,20). The van der Waals surface area contributed by atoms with Crippen LogP contribution in [-0.2, 0) is 4.79 Å². The molecule has 0 radical (unpaired) electrons. The molecule has 0 spiro atoms. The molecule has 112 valence electrons. The monoisotopic (exact) mass is 289 g/mol. The molecule has 6 nitrogen and oxygen atoms in total. The van der Waals surface area contributed by atoms with Gasteiger partial charge in [0.2, 0.25) is 0 Å². The second kappa shape index (κ2) is 6.88. The van der Waals surface area contributed by atoms with Gasteiger partial charge in [-0.2, -0.15) is 5.10 Å². The third-order valence-electron chi connectivity index (χ3n) is 3.44. The Morgan fingerprint density at radius 1 is 1.38 bits per heavy atom. The molecule has 0 saturated heterocycles. The number of nitrogens with zero attached hydrogens (tertiary/aromatic N) is 2. The maximum atomic E-state index is 12.1. The van der Waals surface area contributed by atoms with E-state index in [4.69, 9.17) is 5.11 Å². The van der Waals surface area contributed by atoms with Gasteiger partial charge in [-0.15, -0.1) is 0 Å². The first-order chi connectivity index (χ1) is 10.1. The van der Waals surface area contributed by atoms with Gasteiger partial charge < -0.3 is 10.4 Å². The SMILES string of the molecule is CC(CCNC(=O)c1cnn2ccccc12)CCC(=O)O. The van der Waals surface area contributed by atoms with E-state index in [1.54, 1.807) is 16.9 Å². The average Bonchev–Trinajstić information content (AvgIpc) is 2.89. The van der Waals surface area contributed by atoms with Crippen molar-refractivity contribution in [3.05, 3.63) is 36.2 Å². The Labute approximate surface area is 122 Å². The van der Waals surface area contributed by atoms with E-state index < -0.39 is 5.97 Å². The Bertz CT molecular complexity index is 636. The van der Waals surface area contributed by atoms with Gasteiger partial charge in [0.25, 0.3) is 5.91 Å². The van der Waals surface area contributed by atoms with Crippen molar-refractivity contribution in [2.45, 2.75) is 26.2 Å². The fourth-order valence-corrected chi connectivity index (χ4v) is 2.15. The molecule has 1 amide bonds. The van der Waals surface area contributed by atoms with Gasteiger partial charge in [-0.05, 0) is 30.9 Å². The predicted octanol–water partition coefficient (Wildman–Crippen LogP) is 1.96. The number of carbonyl (C=O) groups excluding carboxylic acids is 1. The number of fused-ring (bicyclic) bond motifs is 1. The number of carboxylic acid groups (broad SMARTS) is 1. The van der Waals surface area contributed by atoms with E-state index in [-0.39, 0.29) is 18.2 Å². The highest BCUT2D eigenvalue weighted by Crippen LogP contribution is 2.11. The number of nitrogens with one attached hydrogen (secondary N) is 1. The lowest BCUT2D eigenvalue weighted by Crippen LogP contribution is -2.25. The Morgan fingerprint density at radius 3 is 2.95 bits per heavy atom. The van der Waals surface area contributed by atoms with E-state index in [9.17, 15) is 9.59 Å². The van der Waals surface area contributed by atoms with Crippen molar-refractivity contribution in [3.63, 3.8) is 0 Å². The predicted molar refractivity (Wildman–Crippen MR) is 78.2 cm³/mol. The summed E-state index contributed by atoms with van der Waals surface area (Å²) in [7, 11) is 0. The zero-order chi connectivity index (χ0) is 15.2. The lowest BCUT2D eigenvalue weighted by molar-refractivity contribution is -0.137. The number of carboxylic acids is 1. The number of rotatable bonds is 7. The minimum absolute atomic E-state index is 0.151. The Morgan fingerprint density at radius 2 is 2.19 bits per heavy atom. The van der Waals surface area contributed by atoms with E-state index >= 15 is 0 Å². The van der Waals surface area contributed by atoms with Gasteiger partial charge in [-0.3, -0.25) is 9.59 Å². The van der Waals surface area contributed by atoms with Crippen LogP contribution in [0.3, 0.4) is 0 Å². The highest BCUT2D eigenvalue weighted by atomic mass is 16.4. The van der Waals surface area contributed by atoms with E-state index in [0.29, 0.717) is 18.5 Å². The number of aliphatic carboxylic acids is 1. The van der Waals surface area contributed by atoms with Gasteiger partial charge >= 0.3 is 5.97 Å². The second-order valence-corrected chi connectivity index (χ2v) is 5.17. The first-order valence-corrected chi connectivity index (χ1v) is 7.00. The molecule has 0 aliphatic heterocycles. The van der Waals surface area contributed by atoms with Gasteiger partial charge in [0, 0.05) is 19.2 Å². The van der Waals surface area contributed by atoms with Crippen LogP contribution < -0.4 is 5.32 Å². The van der Waals surface area contributed by atoms with Crippen LogP contribution in [0.15, 0.2) is 30.6 Å². The molecule has 2 N–H and O–H groups in total. The van der Waals surface area contributed by atoms with Crippen LogP contribution in [0.25, 0.3) is 5.52 Å². The van der Waals surface area contributed by atoms with Crippen molar-refractivity contribution in [3.8, 4) is 0 Å². The van der Waals surface area contributed by atoms with Crippen LogP contribution in [0.4, 0.5) is 0 Å². The lowest BCUT2D eigenvalue weighted by Gasteiger charge is -2.10. The molecule has 21 heavy (non-hydrogen) atoms. The van der Waals surface area contributed by atoms with Crippen LogP contribution in [-0.4, -0.2) is 33.1 Å². The highest BCUT2D eigenvalue weighted by Gasteiger charge is 2.12. The number of amides is 1. The molecule has 0 aliphatic rings. The molecule has 6 heteroatoms. The molecule has 2 aromatic rings. The highest BCUT2D eigenvalue weighted by molar-refractivity contribution is 6.00. The smallest absolute Gasteiger partial charge is 0.303 e. The minimum atomic E-state index is -0.780. The van der Waals surface area contributed by atoms with E-state index in [0.717, 1.165) is 11.9 Å². The van der Waals surface area contributed by atoms with Crippen molar-refractivity contribution in [1.29, 1.82) is 0 Å². The van der Waals surface area contributed by atoms with Crippen LogP contribution in [0.5, 0.6) is 0 Å². The minimum Gasteiger partial charge on any atom is -0.481 e. The number of aromatic nitrogens is 2. The van der Waals surface area contributed by atoms with Gasteiger partial charge in [-0.1, -0.05) is 13.0 Å². The lowest BCUT2D eigenvalue weighted by atomic mass is 10.0. The Balaban J connectivity index is 1.83. The molecule has 2 heterocycles. The van der Waals surface area contributed by atoms with Crippen molar-refractivity contribution in [2.75, 3.05) is 6.54 Å². The van der Waals surface area contributed by atoms with Crippen LogP contribution in [0.1, 0.15) is 36.5 Å². The van der Waals surface area contributed by atoms with Gasteiger partial charge in [-0.25, -0.2) is 4.52 Å². The zero-order valence-electron chi connectivity index (χ0n) is 12.0.